The standard InChI is InChI=1S/C11H17N.CH5N/c1-8-5-10(3)11(7-12-4)6-9(8)2;1-2/h5-6,12H,7H2,1-4H3;2H2,1H3. The minimum Gasteiger partial charge on any atom is -0.333 e. The highest BCUT2D eigenvalue weighted by Crippen LogP contribution is 2.14. The average Bonchev–Trinajstić information content (AvgIpc) is 2.18. The van der Waals surface area contributed by atoms with Crippen molar-refractivity contribution in [1.29, 1.82) is 0 Å². The van der Waals surface area contributed by atoms with Crippen molar-refractivity contribution < 1.29 is 0 Å². The Morgan fingerprint density at radius 1 is 1.00 bits per heavy atom. The zero-order valence-corrected chi connectivity index (χ0v) is 9.94. The van der Waals surface area contributed by atoms with Gasteiger partial charge in [0.05, 0.1) is 0 Å². The molecule has 2 nitrogen and oxygen atoms in total. The van der Waals surface area contributed by atoms with Gasteiger partial charge in [0, 0.05) is 6.54 Å². The van der Waals surface area contributed by atoms with E-state index in [0.717, 1.165) is 6.54 Å². The van der Waals surface area contributed by atoms with Crippen LogP contribution in [0.2, 0.25) is 0 Å². The average molecular weight is 194 g/mol. The van der Waals surface area contributed by atoms with Gasteiger partial charge in [0.15, 0.2) is 0 Å². The van der Waals surface area contributed by atoms with Gasteiger partial charge in [-0.15, -0.1) is 0 Å². The number of aryl methyl sites for hydroxylation is 3. The Morgan fingerprint density at radius 2 is 1.50 bits per heavy atom. The number of benzene rings is 1. The third kappa shape index (κ3) is 3.48. The second-order valence-electron chi connectivity index (χ2n) is 3.39. The predicted molar refractivity (Wildman–Crippen MR) is 63.5 cm³/mol. The Hall–Kier alpha value is -0.860. The third-order valence-electron chi connectivity index (χ3n) is 2.32. The zero-order chi connectivity index (χ0) is 11.1. The van der Waals surface area contributed by atoms with Gasteiger partial charge in [-0.1, -0.05) is 12.1 Å². The minimum absolute atomic E-state index is 0.965. The molecule has 14 heavy (non-hydrogen) atoms. The van der Waals surface area contributed by atoms with Gasteiger partial charge < -0.3 is 11.1 Å². The summed E-state index contributed by atoms with van der Waals surface area (Å²) >= 11 is 0. The predicted octanol–water partition coefficient (Wildman–Crippen LogP) is 1.91. The molecular formula is C12H22N2. The highest BCUT2D eigenvalue weighted by Gasteiger charge is 1.99. The molecule has 0 atom stereocenters. The first-order chi connectivity index (χ1) is 6.65. The minimum atomic E-state index is 0.965. The summed E-state index contributed by atoms with van der Waals surface area (Å²) in [5.74, 6) is 0. The van der Waals surface area contributed by atoms with E-state index in [-0.39, 0.29) is 0 Å². The molecule has 0 aliphatic carbocycles. The molecule has 1 rings (SSSR count). The van der Waals surface area contributed by atoms with Gasteiger partial charge in [-0.25, -0.2) is 0 Å². The molecule has 1 aromatic rings. The molecule has 0 aromatic heterocycles. The van der Waals surface area contributed by atoms with Gasteiger partial charge in [-0.2, -0.15) is 0 Å². The van der Waals surface area contributed by atoms with Gasteiger partial charge in [-0.05, 0) is 57.1 Å². The molecule has 0 bridgehead atoms. The summed E-state index contributed by atoms with van der Waals surface area (Å²) in [6, 6.07) is 4.52. The van der Waals surface area contributed by atoms with Crippen LogP contribution < -0.4 is 11.1 Å². The van der Waals surface area contributed by atoms with Crippen molar-refractivity contribution in [2.75, 3.05) is 14.1 Å². The van der Waals surface area contributed by atoms with E-state index in [1.165, 1.54) is 29.3 Å². The molecular weight excluding hydrogens is 172 g/mol. The van der Waals surface area contributed by atoms with Crippen molar-refractivity contribution in [3.05, 3.63) is 34.4 Å². The Bertz CT molecular complexity index is 280. The van der Waals surface area contributed by atoms with Gasteiger partial charge in [0.2, 0.25) is 0 Å². The second-order valence-corrected chi connectivity index (χ2v) is 3.39. The summed E-state index contributed by atoms with van der Waals surface area (Å²) in [6.45, 7) is 7.45. The van der Waals surface area contributed by atoms with Crippen LogP contribution in [0.15, 0.2) is 12.1 Å². The number of hydrogen-bond donors (Lipinski definition) is 2. The summed E-state index contributed by atoms with van der Waals surface area (Å²) in [5.41, 5.74) is 10.0. The lowest BCUT2D eigenvalue weighted by Crippen LogP contribution is -2.07. The summed E-state index contributed by atoms with van der Waals surface area (Å²) < 4.78 is 0. The molecule has 1 aromatic carbocycles. The highest BCUT2D eigenvalue weighted by molar-refractivity contribution is 5.36. The Labute approximate surface area is 87.5 Å². The fraction of sp³-hybridized carbons (Fsp3) is 0.500. The van der Waals surface area contributed by atoms with E-state index in [4.69, 9.17) is 0 Å². The molecule has 0 amide bonds. The van der Waals surface area contributed by atoms with Crippen molar-refractivity contribution in [2.24, 2.45) is 5.73 Å². The van der Waals surface area contributed by atoms with Crippen molar-refractivity contribution >= 4 is 0 Å². The number of hydrogen-bond acceptors (Lipinski definition) is 2. The van der Waals surface area contributed by atoms with E-state index >= 15 is 0 Å². The monoisotopic (exact) mass is 194 g/mol. The van der Waals surface area contributed by atoms with E-state index in [2.05, 4.69) is 44.0 Å². The van der Waals surface area contributed by atoms with Crippen LogP contribution in [-0.2, 0) is 6.54 Å². The van der Waals surface area contributed by atoms with Crippen molar-refractivity contribution in [3.8, 4) is 0 Å². The number of rotatable bonds is 2. The topological polar surface area (TPSA) is 38.0 Å². The summed E-state index contributed by atoms with van der Waals surface area (Å²) in [6.07, 6.45) is 0. The molecule has 0 heterocycles. The summed E-state index contributed by atoms with van der Waals surface area (Å²) in [4.78, 5) is 0. The zero-order valence-electron chi connectivity index (χ0n) is 9.94. The number of nitrogens with two attached hydrogens (primary N) is 1. The summed E-state index contributed by atoms with van der Waals surface area (Å²) in [5, 5.41) is 3.17. The second kappa shape index (κ2) is 6.57. The molecule has 80 valence electrons. The lowest BCUT2D eigenvalue weighted by Gasteiger charge is -2.08. The van der Waals surface area contributed by atoms with E-state index < -0.39 is 0 Å². The molecule has 0 saturated carbocycles. The molecule has 0 spiro atoms. The van der Waals surface area contributed by atoms with Gasteiger partial charge in [0.25, 0.3) is 0 Å². The maximum absolute atomic E-state index is 4.50. The lowest BCUT2D eigenvalue weighted by molar-refractivity contribution is 0.810. The first kappa shape index (κ1) is 13.1. The third-order valence-corrected chi connectivity index (χ3v) is 2.32. The van der Waals surface area contributed by atoms with Crippen LogP contribution in [0, 0.1) is 20.8 Å². The molecule has 0 aliphatic rings. The molecule has 3 N–H and O–H groups in total. The summed E-state index contributed by atoms with van der Waals surface area (Å²) in [7, 11) is 3.48. The van der Waals surface area contributed by atoms with Crippen LogP contribution in [-0.4, -0.2) is 14.1 Å². The Balaban J connectivity index is 0.000000791. The van der Waals surface area contributed by atoms with Gasteiger partial charge in [0.1, 0.15) is 0 Å². The van der Waals surface area contributed by atoms with Crippen LogP contribution >= 0.6 is 0 Å². The lowest BCUT2D eigenvalue weighted by atomic mass is 10.0. The highest BCUT2D eigenvalue weighted by atomic mass is 14.8. The van der Waals surface area contributed by atoms with Crippen molar-refractivity contribution in [2.45, 2.75) is 27.3 Å². The number of nitrogens with one attached hydrogen (secondary N) is 1. The maximum Gasteiger partial charge on any atom is 0.0205 e. The van der Waals surface area contributed by atoms with E-state index in [1.54, 1.807) is 0 Å². The normalized spacial score (nSPS) is 9.29. The van der Waals surface area contributed by atoms with Gasteiger partial charge >= 0.3 is 0 Å². The molecule has 0 unspecified atom stereocenters. The van der Waals surface area contributed by atoms with Crippen LogP contribution in [0.3, 0.4) is 0 Å². The van der Waals surface area contributed by atoms with Crippen LogP contribution in [0.4, 0.5) is 0 Å². The van der Waals surface area contributed by atoms with E-state index in [1.807, 2.05) is 7.05 Å². The maximum atomic E-state index is 4.50. The molecule has 0 aliphatic heterocycles. The first-order valence-electron chi connectivity index (χ1n) is 4.94. The SMILES string of the molecule is CN.CNCc1cc(C)c(C)cc1C. The molecule has 0 fully saturated rings. The molecule has 0 saturated heterocycles. The van der Waals surface area contributed by atoms with Crippen LogP contribution in [0.5, 0.6) is 0 Å². The Kier molecular flexibility index (Phi) is 6.17. The molecule has 0 radical (unpaired) electrons. The smallest absolute Gasteiger partial charge is 0.0205 e. The van der Waals surface area contributed by atoms with Gasteiger partial charge in [-0.3, -0.25) is 0 Å². The van der Waals surface area contributed by atoms with Crippen LogP contribution in [0.25, 0.3) is 0 Å². The Morgan fingerprint density at radius 3 is 2.00 bits per heavy atom. The van der Waals surface area contributed by atoms with E-state index in [0.29, 0.717) is 0 Å². The van der Waals surface area contributed by atoms with E-state index in [9.17, 15) is 0 Å². The first-order valence-corrected chi connectivity index (χ1v) is 4.94. The van der Waals surface area contributed by atoms with Crippen molar-refractivity contribution in [1.82, 2.24) is 5.32 Å². The fourth-order valence-corrected chi connectivity index (χ4v) is 1.40. The molecule has 2 heteroatoms. The van der Waals surface area contributed by atoms with Crippen LogP contribution in [0.1, 0.15) is 22.3 Å². The van der Waals surface area contributed by atoms with Crippen molar-refractivity contribution in [3.63, 3.8) is 0 Å². The quantitative estimate of drug-likeness (QED) is 0.754. The fourth-order valence-electron chi connectivity index (χ4n) is 1.40. The largest absolute Gasteiger partial charge is 0.333 e.